The smallest absolute Gasteiger partial charge is 0.227 e. The molecule has 7 heteroatoms. The first-order valence-corrected chi connectivity index (χ1v) is 9.95. The van der Waals surface area contributed by atoms with Crippen LogP contribution in [0, 0.1) is 0 Å². The van der Waals surface area contributed by atoms with Crippen molar-refractivity contribution in [3.05, 3.63) is 46.6 Å². The molecule has 0 bridgehead atoms. The molecule has 0 N–H and O–H groups in total. The van der Waals surface area contributed by atoms with Gasteiger partial charge in [-0.2, -0.15) is 4.98 Å². The summed E-state index contributed by atoms with van der Waals surface area (Å²) in [6.07, 6.45) is 1.88. The van der Waals surface area contributed by atoms with E-state index in [4.69, 9.17) is 9.72 Å². The Morgan fingerprint density at radius 3 is 2.54 bits per heavy atom. The van der Waals surface area contributed by atoms with Crippen molar-refractivity contribution in [3.63, 3.8) is 0 Å². The summed E-state index contributed by atoms with van der Waals surface area (Å²) in [6, 6.07) is 10.5. The van der Waals surface area contributed by atoms with Crippen LogP contribution in [0.4, 0.5) is 11.8 Å². The van der Waals surface area contributed by atoms with Crippen LogP contribution in [0.2, 0.25) is 0 Å². The molecular weight excluding hydrogens is 394 g/mol. The SMILES string of the molecule is Brc1cccc(CN2CCN(c3nccc(N4CCOCC4)n3)CC2)c1. The highest BCUT2D eigenvalue weighted by atomic mass is 79.9. The zero-order valence-corrected chi connectivity index (χ0v) is 16.4. The normalized spacial score (nSPS) is 19.0. The van der Waals surface area contributed by atoms with Crippen molar-refractivity contribution in [1.29, 1.82) is 0 Å². The van der Waals surface area contributed by atoms with Gasteiger partial charge in [0.15, 0.2) is 0 Å². The standard InChI is InChI=1S/C19H24BrN5O/c20-17-3-1-2-16(14-17)15-23-6-8-25(9-7-23)19-21-5-4-18(22-19)24-10-12-26-13-11-24/h1-5,14H,6-13,15H2. The highest BCUT2D eigenvalue weighted by molar-refractivity contribution is 9.10. The molecule has 2 aliphatic heterocycles. The molecule has 26 heavy (non-hydrogen) atoms. The van der Waals surface area contributed by atoms with Crippen LogP contribution in [0.15, 0.2) is 41.0 Å². The van der Waals surface area contributed by atoms with Crippen molar-refractivity contribution in [2.24, 2.45) is 0 Å². The van der Waals surface area contributed by atoms with E-state index in [0.717, 1.165) is 75.3 Å². The summed E-state index contributed by atoms with van der Waals surface area (Å²) in [5.74, 6) is 1.85. The van der Waals surface area contributed by atoms with Gasteiger partial charge in [-0.25, -0.2) is 4.98 Å². The van der Waals surface area contributed by atoms with E-state index in [0.29, 0.717) is 0 Å². The Hall–Kier alpha value is -1.70. The Kier molecular flexibility index (Phi) is 5.67. The number of aromatic nitrogens is 2. The second-order valence-corrected chi connectivity index (χ2v) is 7.62. The van der Waals surface area contributed by atoms with Crippen molar-refractivity contribution in [1.82, 2.24) is 14.9 Å². The maximum Gasteiger partial charge on any atom is 0.227 e. The molecule has 0 radical (unpaired) electrons. The van der Waals surface area contributed by atoms with Gasteiger partial charge in [0, 0.05) is 56.5 Å². The fourth-order valence-electron chi connectivity index (χ4n) is 3.46. The predicted octanol–water partition coefficient (Wildman–Crippen LogP) is 2.40. The molecule has 4 rings (SSSR count). The lowest BCUT2D eigenvalue weighted by Crippen LogP contribution is -2.46. The fraction of sp³-hybridized carbons (Fsp3) is 0.474. The summed E-state index contributed by atoms with van der Waals surface area (Å²) in [4.78, 5) is 16.4. The lowest BCUT2D eigenvalue weighted by molar-refractivity contribution is 0.122. The van der Waals surface area contributed by atoms with E-state index in [1.165, 1.54) is 5.56 Å². The highest BCUT2D eigenvalue weighted by Gasteiger charge is 2.20. The van der Waals surface area contributed by atoms with Crippen LogP contribution in [0.25, 0.3) is 0 Å². The second-order valence-electron chi connectivity index (χ2n) is 6.71. The molecule has 2 aliphatic rings. The molecule has 0 saturated carbocycles. The lowest BCUT2D eigenvalue weighted by Gasteiger charge is -2.35. The van der Waals surface area contributed by atoms with E-state index in [2.05, 4.69) is 59.9 Å². The van der Waals surface area contributed by atoms with Crippen molar-refractivity contribution in [2.45, 2.75) is 6.54 Å². The third kappa shape index (κ3) is 4.34. The van der Waals surface area contributed by atoms with E-state index in [-0.39, 0.29) is 0 Å². The van der Waals surface area contributed by atoms with Crippen LogP contribution in [0.5, 0.6) is 0 Å². The van der Waals surface area contributed by atoms with Crippen LogP contribution < -0.4 is 9.80 Å². The lowest BCUT2D eigenvalue weighted by atomic mass is 10.2. The molecular formula is C19H24BrN5O. The van der Waals surface area contributed by atoms with Crippen LogP contribution >= 0.6 is 15.9 Å². The third-order valence-corrected chi connectivity index (χ3v) is 5.41. The number of ether oxygens (including phenoxy) is 1. The summed E-state index contributed by atoms with van der Waals surface area (Å²) in [6.45, 7) is 8.30. The van der Waals surface area contributed by atoms with Crippen LogP contribution in [-0.4, -0.2) is 67.4 Å². The molecule has 6 nitrogen and oxygen atoms in total. The largest absolute Gasteiger partial charge is 0.378 e. The molecule has 1 aromatic carbocycles. The molecule has 1 aromatic heterocycles. The second kappa shape index (κ2) is 8.33. The molecule has 0 amide bonds. The molecule has 2 saturated heterocycles. The third-order valence-electron chi connectivity index (χ3n) is 4.91. The summed E-state index contributed by atoms with van der Waals surface area (Å²) in [5, 5.41) is 0. The van der Waals surface area contributed by atoms with Crippen molar-refractivity contribution >= 4 is 27.7 Å². The van der Waals surface area contributed by atoms with E-state index in [1.54, 1.807) is 0 Å². The minimum Gasteiger partial charge on any atom is -0.378 e. The average Bonchev–Trinajstić information content (AvgIpc) is 2.69. The molecule has 0 aliphatic carbocycles. The average molecular weight is 418 g/mol. The number of rotatable bonds is 4. The van der Waals surface area contributed by atoms with Gasteiger partial charge in [0.2, 0.25) is 5.95 Å². The fourth-order valence-corrected chi connectivity index (χ4v) is 3.91. The molecule has 2 aromatic rings. The number of anilines is 2. The van der Waals surface area contributed by atoms with E-state index < -0.39 is 0 Å². The van der Waals surface area contributed by atoms with E-state index in [1.807, 2.05) is 12.3 Å². The number of piperazine rings is 1. The molecule has 2 fully saturated rings. The Morgan fingerprint density at radius 2 is 1.77 bits per heavy atom. The molecule has 0 unspecified atom stereocenters. The number of halogens is 1. The van der Waals surface area contributed by atoms with Gasteiger partial charge in [-0.3, -0.25) is 4.90 Å². The first-order chi connectivity index (χ1) is 12.8. The van der Waals surface area contributed by atoms with Crippen molar-refractivity contribution in [2.75, 3.05) is 62.3 Å². The predicted molar refractivity (Wildman–Crippen MR) is 107 cm³/mol. The van der Waals surface area contributed by atoms with Gasteiger partial charge in [0.05, 0.1) is 13.2 Å². The molecule has 138 valence electrons. The number of nitrogens with zero attached hydrogens (tertiary/aromatic N) is 5. The highest BCUT2D eigenvalue weighted by Crippen LogP contribution is 2.19. The monoisotopic (exact) mass is 417 g/mol. The van der Waals surface area contributed by atoms with Gasteiger partial charge >= 0.3 is 0 Å². The molecule has 0 spiro atoms. The van der Waals surface area contributed by atoms with Gasteiger partial charge in [0.25, 0.3) is 0 Å². The van der Waals surface area contributed by atoms with Gasteiger partial charge in [0.1, 0.15) is 5.82 Å². The summed E-state index contributed by atoms with van der Waals surface area (Å²) >= 11 is 3.55. The van der Waals surface area contributed by atoms with E-state index >= 15 is 0 Å². The van der Waals surface area contributed by atoms with Gasteiger partial charge in [-0.1, -0.05) is 28.1 Å². The van der Waals surface area contributed by atoms with Crippen molar-refractivity contribution in [3.8, 4) is 0 Å². The van der Waals surface area contributed by atoms with Crippen LogP contribution in [-0.2, 0) is 11.3 Å². The van der Waals surface area contributed by atoms with Crippen LogP contribution in [0.1, 0.15) is 5.56 Å². The van der Waals surface area contributed by atoms with Crippen molar-refractivity contribution < 1.29 is 4.74 Å². The number of morpholine rings is 1. The minimum absolute atomic E-state index is 0.771. The summed E-state index contributed by atoms with van der Waals surface area (Å²) in [7, 11) is 0. The van der Waals surface area contributed by atoms with Gasteiger partial charge in [-0.05, 0) is 23.8 Å². The first-order valence-electron chi connectivity index (χ1n) is 9.15. The minimum atomic E-state index is 0.771. The maximum atomic E-state index is 5.43. The van der Waals surface area contributed by atoms with Gasteiger partial charge < -0.3 is 14.5 Å². The summed E-state index contributed by atoms with van der Waals surface area (Å²) in [5.41, 5.74) is 1.35. The topological polar surface area (TPSA) is 44.7 Å². The Labute approximate surface area is 162 Å². The zero-order valence-electron chi connectivity index (χ0n) is 14.9. The van der Waals surface area contributed by atoms with Gasteiger partial charge in [-0.15, -0.1) is 0 Å². The Bertz CT molecular complexity index is 729. The maximum absolute atomic E-state index is 5.43. The zero-order chi connectivity index (χ0) is 17.8. The number of hydrogen-bond acceptors (Lipinski definition) is 6. The number of benzene rings is 1. The quantitative estimate of drug-likeness (QED) is 0.760. The van der Waals surface area contributed by atoms with Crippen LogP contribution in [0.3, 0.4) is 0 Å². The Balaban J connectivity index is 1.35. The first kappa shape index (κ1) is 17.7. The Morgan fingerprint density at radius 1 is 0.962 bits per heavy atom. The number of hydrogen-bond donors (Lipinski definition) is 0. The molecule has 0 atom stereocenters. The van der Waals surface area contributed by atoms with E-state index in [9.17, 15) is 0 Å². The molecule has 3 heterocycles. The summed E-state index contributed by atoms with van der Waals surface area (Å²) < 4.78 is 6.57.